The molecule has 1 aromatic heterocycles. The SMILES string of the molecule is CC(C)Cc1ccc(C(O)c2cc(Br)c(Br)s2)cc1. The summed E-state index contributed by atoms with van der Waals surface area (Å²) in [7, 11) is 0. The number of benzene rings is 1. The van der Waals surface area contributed by atoms with Crippen LogP contribution >= 0.6 is 43.2 Å². The molecule has 0 aliphatic rings. The van der Waals surface area contributed by atoms with Crippen LogP contribution < -0.4 is 0 Å². The van der Waals surface area contributed by atoms with Crippen LogP contribution in [0.4, 0.5) is 0 Å². The number of aliphatic hydroxyl groups excluding tert-OH is 1. The Balaban J connectivity index is 2.17. The molecule has 0 fully saturated rings. The predicted octanol–water partition coefficient (Wildman–Crippen LogP) is 5.55. The van der Waals surface area contributed by atoms with Gasteiger partial charge in [-0.05, 0) is 61.4 Å². The Morgan fingerprint density at radius 1 is 1.16 bits per heavy atom. The molecule has 0 aliphatic heterocycles. The predicted molar refractivity (Wildman–Crippen MR) is 88.8 cm³/mol. The highest BCUT2D eigenvalue weighted by Gasteiger charge is 2.15. The Bertz CT molecular complexity index is 526. The van der Waals surface area contributed by atoms with Gasteiger partial charge < -0.3 is 5.11 Å². The second-order valence-corrected chi connectivity index (χ2v) is 8.27. The minimum atomic E-state index is -0.555. The van der Waals surface area contributed by atoms with Crippen molar-refractivity contribution in [2.75, 3.05) is 0 Å². The second-order valence-electron chi connectivity index (χ2n) is 5.01. The second kappa shape index (κ2) is 6.53. The van der Waals surface area contributed by atoms with Gasteiger partial charge in [0.15, 0.2) is 0 Å². The minimum absolute atomic E-state index is 0.555. The lowest BCUT2D eigenvalue weighted by Crippen LogP contribution is -1.98. The molecule has 0 saturated heterocycles. The van der Waals surface area contributed by atoms with E-state index in [0.29, 0.717) is 5.92 Å². The van der Waals surface area contributed by atoms with Crippen molar-refractivity contribution in [3.05, 3.63) is 54.6 Å². The molecule has 2 rings (SSSR count). The Labute approximate surface area is 134 Å². The number of aliphatic hydroxyl groups is 1. The quantitative estimate of drug-likeness (QED) is 0.708. The summed E-state index contributed by atoms with van der Waals surface area (Å²) in [5.74, 6) is 0.653. The first-order valence-corrected chi connectivity index (χ1v) is 8.59. The van der Waals surface area contributed by atoms with Gasteiger partial charge in [0.25, 0.3) is 0 Å². The maximum absolute atomic E-state index is 10.4. The number of thiophene rings is 1. The molecule has 0 radical (unpaired) electrons. The molecule has 0 saturated carbocycles. The van der Waals surface area contributed by atoms with Crippen LogP contribution in [-0.2, 0) is 6.42 Å². The molecule has 19 heavy (non-hydrogen) atoms. The van der Waals surface area contributed by atoms with Gasteiger partial charge >= 0.3 is 0 Å². The first-order chi connectivity index (χ1) is 8.97. The third-order valence-corrected chi connectivity index (χ3v) is 6.18. The molecule has 1 nitrogen and oxygen atoms in total. The van der Waals surface area contributed by atoms with Gasteiger partial charge in [-0.25, -0.2) is 0 Å². The van der Waals surface area contributed by atoms with E-state index in [-0.39, 0.29) is 0 Å². The van der Waals surface area contributed by atoms with E-state index in [1.54, 1.807) is 11.3 Å². The normalized spacial score (nSPS) is 12.9. The van der Waals surface area contributed by atoms with Crippen molar-refractivity contribution in [1.29, 1.82) is 0 Å². The van der Waals surface area contributed by atoms with Crippen molar-refractivity contribution in [2.24, 2.45) is 5.92 Å². The van der Waals surface area contributed by atoms with E-state index in [0.717, 1.165) is 25.1 Å². The van der Waals surface area contributed by atoms with Crippen molar-refractivity contribution in [1.82, 2.24) is 0 Å². The van der Waals surface area contributed by atoms with Gasteiger partial charge in [0, 0.05) is 9.35 Å². The van der Waals surface area contributed by atoms with E-state index < -0.39 is 6.10 Å². The molecule has 1 aromatic carbocycles. The van der Waals surface area contributed by atoms with Crippen LogP contribution in [-0.4, -0.2) is 5.11 Å². The molecule has 4 heteroatoms. The standard InChI is InChI=1S/C15H16Br2OS/c1-9(2)7-10-3-5-11(6-4-10)14(18)13-8-12(16)15(17)19-13/h3-6,8-9,14,18H,7H2,1-2H3. The molecule has 0 aliphatic carbocycles. The first-order valence-electron chi connectivity index (χ1n) is 6.19. The average molecular weight is 404 g/mol. The molecular weight excluding hydrogens is 388 g/mol. The summed E-state index contributed by atoms with van der Waals surface area (Å²) in [6, 6.07) is 10.2. The number of halogens is 2. The average Bonchev–Trinajstić information content (AvgIpc) is 2.69. The zero-order chi connectivity index (χ0) is 14.0. The van der Waals surface area contributed by atoms with Crippen LogP contribution in [0.5, 0.6) is 0 Å². The summed E-state index contributed by atoms with van der Waals surface area (Å²) in [6.07, 6.45) is 0.521. The van der Waals surface area contributed by atoms with E-state index in [4.69, 9.17) is 0 Å². The summed E-state index contributed by atoms with van der Waals surface area (Å²) in [6.45, 7) is 4.42. The van der Waals surface area contributed by atoms with E-state index in [9.17, 15) is 5.11 Å². The van der Waals surface area contributed by atoms with E-state index >= 15 is 0 Å². The van der Waals surface area contributed by atoms with Crippen LogP contribution in [0.15, 0.2) is 38.6 Å². The van der Waals surface area contributed by atoms with Gasteiger partial charge in [-0.3, -0.25) is 0 Å². The summed E-state index contributed by atoms with van der Waals surface area (Å²) in [5.41, 5.74) is 2.26. The van der Waals surface area contributed by atoms with Crippen molar-refractivity contribution < 1.29 is 5.11 Å². The van der Waals surface area contributed by atoms with Crippen LogP contribution in [0.25, 0.3) is 0 Å². The summed E-state index contributed by atoms with van der Waals surface area (Å²) in [4.78, 5) is 0.940. The molecule has 0 amide bonds. The van der Waals surface area contributed by atoms with Crippen molar-refractivity contribution >= 4 is 43.2 Å². The van der Waals surface area contributed by atoms with Crippen LogP contribution in [0.3, 0.4) is 0 Å². The van der Waals surface area contributed by atoms with Crippen molar-refractivity contribution in [3.8, 4) is 0 Å². The fourth-order valence-electron chi connectivity index (χ4n) is 1.97. The third-order valence-electron chi connectivity index (χ3n) is 2.87. The zero-order valence-corrected chi connectivity index (χ0v) is 14.8. The fraction of sp³-hybridized carbons (Fsp3) is 0.333. The molecule has 0 spiro atoms. The summed E-state index contributed by atoms with van der Waals surface area (Å²) >= 11 is 8.46. The first kappa shape index (κ1) is 15.2. The Morgan fingerprint density at radius 3 is 2.26 bits per heavy atom. The van der Waals surface area contributed by atoms with E-state index in [2.05, 4.69) is 57.8 Å². The van der Waals surface area contributed by atoms with Crippen LogP contribution in [0.2, 0.25) is 0 Å². The fourth-order valence-corrected chi connectivity index (χ4v) is 4.07. The van der Waals surface area contributed by atoms with Crippen LogP contribution in [0, 0.1) is 5.92 Å². The minimum Gasteiger partial charge on any atom is -0.383 e. The van der Waals surface area contributed by atoms with Gasteiger partial charge in [0.05, 0.1) is 3.79 Å². The topological polar surface area (TPSA) is 20.2 Å². The lowest BCUT2D eigenvalue weighted by molar-refractivity contribution is 0.224. The number of hydrogen-bond acceptors (Lipinski definition) is 2. The lowest BCUT2D eigenvalue weighted by Gasteiger charge is -2.10. The van der Waals surface area contributed by atoms with Gasteiger partial charge in [-0.2, -0.15) is 0 Å². The van der Waals surface area contributed by atoms with Gasteiger partial charge in [-0.15, -0.1) is 11.3 Å². The van der Waals surface area contributed by atoms with Crippen molar-refractivity contribution in [3.63, 3.8) is 0 Å². The smallest absolute Gasteiger partial charge is 0.113 e. The summed E-state index contributed by atoms with van der Waals surface area (Å²) < 4.78 is 2.00. The molecule has 2 aromatic rings. The largest absolute Gasteiger partial charge is 0.383 e. The van der Waals surface area contributed by atoms with Gasteiger partial charge in [0.2, 0.25) is 0 Å². The third kappa shape index (κ3) is 3.91. The highest BCUT2D eigenvalue weighted by atomic mass is 79.9. The highest BCUT2D eigenvalue weighted by molar-refractivity contribution is 9.13. The molecule has 1 unspecified atom stereocenters. The van der Waals surface area contributed by atoms with Crippen molar-refractivity contribution in [2.45, 2.75) is 26.4 Å². The highest BCUT2D eigenvalue weighted by Crippen LogP contribution is 2.37. The Kier molecular flexibility index (Phi) is 5.23. The zero-order valence-electron chi connectivity index (χ0n) is 10.9. The van der Waals surface area contributed by atoms with Gasteiger partial charge in [0.1, 0.15) is 6.10 Å². The number of rotatable bonds is 4. The Hall–Kier alpha value is -0.160. The maximum atomic E-state index is 10.4. The molecule has 1 heterocycles. The lowest BCUT2D eigenvalue weighted by atomic mass is 10.00. The Morgan fingerprint density at radius 2 is 1.79 bits per heavy atom. The number of hydrogen-bond donors (Lipinski definition) is 1. The van der Waals surface area contributed by atoms with Gasteiger partial charge in [-0.1, -0.05) is 38.1 Å². The van der Waals surface area contributed by atoms with Crippen LogP contribution in [0.1, 0.15) is 36.0 Å². The molecule has 1 atom stereocenters. The van der Waals surface area contributed by atoms with E-state index in [1.165, 1.54) is 5.56 Å². The molecule has 0 bridgehead atoms. The molecular formula is C15H16Br2OS. The summed E-state index contributed by atoms with van der Waals surface area (Å²) in [5, 5.41) is 10.4. The van der Waals surface area contributed by atoms with E-state index in [1.807, 2.05) is 18.2 Å². The molecule has 102 valence electrons. The monoisotopic (exact) mass is 402 g/mol. The maximum Gasteiger partial charge on any atom is 0.113 e. The molecule has 1 N–H and O–H groups in total.